The quantitative estimate of drug-likeness (QED) is 0.304. The summed E-state index contributed by atoms with van der Waals surface area (Å²) in [5, 5.41) is 0. The number of ether oxygens (including phenoxy) is 1. The number of benzene rings is 1. The van der Waals surface area contributed by atoms with Crippen molar-refractivity contribution in [2.45, 2.75) is 33.2 Å². The molecule has 0 bridgehead atoms. The maximum absolute atomic E-state index is 11.4. The van der Waals surface area contributed by atoms with E-state index in [9.17, 15) is 4.79 Å². The van der Waals surface area contributed by atoms with Crippen molar-refractivity contribution in [3.63, 3.8) is 0 Å². The van der Waals surface area contributed by atoms with Crippen LogP contribution in [0.25, 0.3) is 0 Å². The highest BCUT2D eigenvalue weighted by molar-refractivity contribution is 5.97. The molecule has 1 rings (SSSR count). The van der Waals surface area contributed by atoms with Gasteiger partial charge < -0.3 is 4.74 Å². The number of nitrogens with zero attached hydrogens (tertiary/aromatic N) is 1. The van der Waals surface area contributed by atoms with E-state index >= 15 is 0 Å². The summed E-state index contributed by atoms with van der Waals surface area (Å²) in [6, 6.07) is 9.28. The van der Waals surface area contributed by atoms with E-state index in [0.29, 0.717) is 5.90 Å². The zero-order chi connectivity index (χ0) is 13.6. The molecule has 3 nitrogen and oxygen atoms in total. The molecular weight excluding hydrogens is 226 g/mol. The van der Waals surface area contributed by atoms with Crippen molar-refractivity contribution in [2.75, 3.05) is 0 Å². The van der Waals surface area contributed by atoms with Gasteiger partial charge in [0.2, 0.25) is 0 Å². The van der Waals surface area contributed by atoms with E-state index in [2.05, 4.69) is 16.8 Å². The van der Waals surface area contributed by atoms with Crippen molar-refractivity contribution in [1.29, 1.82) is 0 Å². The minimum absolute atomic E-state index is 0.267. The molecule has 0 saturated carbocycles. The monoisotopic (exact) mass is 243 g/mol. The normalized spacial score (nSPS) is 11.4. The van der Waals surface area contributed by atoms with Crippen LogP contribution < -0.4 is 0 Å². The average molecular weight is 243 g/mol. The van der Waals surface area contributed by atoms with Gasteiger partial charge in [-0.3, -0.25) is 0 Å². The van der Waals surface area contributed by atoms with E-state index in [-0.39, 0.29) is 5.54 Å². The SMILES string of the molecule is CC(=NC(C)(C)C)OC(=O)C#Cc1ccccc1. The van der Waals surface area contributed by atoms with Gasteiger partial charge >= 0.3 is 5.97 Å². The molecule has 0 aliphatic heterocycles. The van der Waals surface area contributed by atoms with Crippen molar-refractivity contribution < 1.29 is 9.53 Å². The highest BCUT2D eigenvalue weighted by atomic mass is 16.5. The fourth-order valence-corrected chi connectivity index (χ4v) is 1.30. The zero-order valence-electron chi connectivity index (χ0n) is 11.2. The lowest BCUT2D eigenvalue weighted by molar-refractivity contribution is -0.129. The van der Waals surface area contributed by atoms with Crippen molar-refractivity contribution in [1.82, 2.24) is 0 Å². The average Bonchev–Trinajstić information content (AvgIpc) is 2.25. The highest BCUT2D eigenvalue weighted by Crippen LogP contribution is 2.06. The first-order chi connectivity index (χ1) is 8.37. The topological polar surface area (TPSA) is 38.7 Å². The van der Waals surface area contributed by atoms with Crippen molar-refractivity contribution >= 4 is 11.9 Å². The van der Waals surface area contributed by atoms with Crippen molar-refractivity contribution in [2.24, 2.45) is 4.99 Å². The minimum Gasteiger partial charge on any atom is -0.403 e. The second-order valence-electron chi connectivity index (χ2n) is 4.81. The molecule has 1 aromatic rings. The lowest BCUT2D eigenvalue weighted by Gasteiger charge is -2.12. The smallest absolute Gasteiger partial charge is 0.391 e. The van der Waals surface area contributed by atoms with Crippen LogP contribution >= 0.6 is 0 Å². The van der Waals surface area contributed by atoms with Gasteiger partial charge in [-0.25, -0.2) is 9.79 Å². The van der Waals surface area contributed by atoms with Crippen LogP contribution in [0.4, 0.5) is 0 Å². The number of hydrogen-bond acceptors (Lipinski definition) is 3. The second-order valence-corrected chi connectivity index (χ2v) is 4.81. The first-order valence-corrected chi connectivity index (χ1v) is 5.72. The lowest BCUT2D eigenvalue weighted by Crippen LogP contribution is -2.16. The van der Waals surface area contributed by atoms with Gasteiger partial charge in [0, 0.05) is 18.4 Å². The number of carbonyl (C=O) groups excluding carboxylic acids is 1. The van der Waals surface area contributed by atoms with Gasteiger partial charge in [-0.15, -0.1) is 0 Å². The molecule has 0 fully saturated rings. The molecule has 1 aromatic carbocycles. The third-order valence-corrected chi connectivity index (χ3v) is 1.82. The highest BCUT2D eigenvalue weighted by Gasteiger charge is 2.09. The number of aliphatic imine (C=N–C) groups is 1. The summed E-state index contributed by atoms with van der Waals surface area (Å²) in [4.78, 5) is 15.6. The molecule has 0 unspecified atom stereocenters. The van der Waals surface area contributed by atoms with Crippen LogP contribution in [0.15, 0.2) is 35.3 Å². The van der Waals surface area contributed by atoms with Gasteiger partial charge in [0.15, 0.2) is 5.90 Å². The molecule has 94 valence electrons. The summed E-state index contributed by atoms with van der Waals surface area (Å²) in [6.45, 7) is 7.44. The summed E-state index contributed by atoms with van der Waals surface area (Å²) >= 11 is 0. The Bertz CT molecular complexity index is 499. The Labute approximate surface area is 108 Å². The second kappa shape index (κ2) is 6.02. The molecule has 0 N–H and O–H groups in total. The van der Waals surface area contributed by atoms with Crippen LogP contribution in [0, 0.1) is 11.8 Å². The third kappa shape index (κ3) is 5.86. The maximum Gasteiger partial charge on any atom is 0.391 e. The molecule has 0 spiro atoms. The first-order valence-electron chi connectivity index (χ1n) is 5.72. The summed E-state index contributed by atoms with van der Waals surface area (Å²) in [5.41, 5.74) is 0.511. The van der Waals surface area contributed by atoms with Crippen LogP contribution in [0.3, 0.4) is 0 Å². The fraction of sp³-hybridized carbons (Fsp3) is 0.333. The van der Waals surface area contributed by atoms with E-state index in [0.717, 1.165) is 5.56 Å². The van der Waals surface area contributed by atoms with Crippen LogP contribution in [0.2, 0.25) is 0 Å². The molecule has 18 heavy (non-hydrogen) atoms. The molecule has 0 radical (unpaired) electrons. The number of hydrogen-bond donors (Lipinski definition) is 0. The van der Waals surface area contributed by atoms with Gasteiger partial charge in [0.05, 0.1) is 5.54 Å². The van der Waals surface area contributed by atoms with Gasteiger partial charge in [0.1, 0.15) is 0 Å². The summed E-state index contributed by atoms with van der Waals surface area (Å²) in [5.74, 6) is 4.89. The van der Waals surface area contributed by atoms with E-state index in [1.165, 1.54) is 0 Å². The van der Waals surface area contributed by atoms with E-state index in [1.807, 2.05) is 51.1 Å². The largest absolute Gasteiger partial charge is 0.403 e. The Balaban J connectivity index is 2.64. The number of esters is 1. The predicted molar refractivity (Wildman–Crippen MR) is 72.3 cm³/mol. The molecule has 0 saturated heterocycles. The van der Waals surface area contributed by atoms with Crippen LogP contribution in [0.1, 0.15) is 33.3 Å². The Morgan fingerprint density at radius 1 is 1.22 bits per heavy atom. The number of rotatable bonds is 0. The fourth-order valence-electron chi connectivity index (χ4n) is 1.30. The molecule has 3 heteroatoms. The first kappa shape index (κ1) is 14.0. The molecule has 0 heterocycles. The summed E-state index contributed by atoms with van der Waals surface area (Å²) < 4.78 is 4.99. The Kier molecular flexibility index (Phi) is 4.67. The zero-order valence-corrected chi connectivity index (χ0v) is 11.2. The summed E-state index contributed by atoms with van der Waals surface area (Å²) in [6.07, 6.45) is 0. The van der Waals surface area contributed by atoms with Gasteiger partial charge in [-0.2, -0.15) is 0 Å². The predicted octanol–water partition coefficient (Wildman–Crippen LogP) is 2.80. The standard InChI is InChI=1S/C15H17NO2/c1-12(16-15(2,3)4)18-14(17)11-10-13-8-6-5-7-9-13/h5-9H,1-4H3. The number of carbonyl (C=O) groups is 1. The Hall–Kier alpha value is -2.08. The molecule has 0 aliphatic rings. The van der Waals surface area contributed by atoms with Crippen LogP contribution in [0.5, 0.6) is 0 Å². The van der Waals surface area contributed by atoms with E-state index in [4.69, 9.17) is 4.74 Å². The molecule has 0 atom stereocenters. The van der Waals surface area contributed by atoms with Gasteiger partial charge in [0.25, 0.3) is 0 Å². The molecule has 0 amide bonds. The summed E-state index contributed by atoms with van der Waals surface area (Å²) in [7, 11) is 0. The van der Waals surface area contributed by atoms with Gasteiger partial charge in [-0.1, -0.05) is 24.1 Å². The third-order valence-electron chi connectivity index (χ3n) is 1.82. The molecule has 0 aliphatic carbocycles. The van der Waals surface area contributed by atoms with E-state index < -0.39 is 5.97 Å². The molecule has 0 aromatic heterocycles. The molecular formula is C15H17NO2. The maximum atomic E-state index is 11.4. The van der Waals surface area contributed by atoms with Crippen molar-refractivity contribution in [3.05, 3.63) is 35.9 Å². The minimum atomic E-state index is -0.593. The van der Waals surface area contributed by atoms with Crippen molar-refractivity contribution in [3.8, 4) is 11.8 Å². The van der Waals surface area contributed by atoms with Crippen LogP contribution in [-0.2, 0) is 9.53 Å². The lowest BCUT2D eigenvalue weighted by atomic mass is 10.1. The Morgan fingerprint density at radius 3 is 2.39 bits per heavy atom. The van der Waals surface area contributed by atoms with Gasteiger partial charge in [-0.05, 0) is 32.9 Å². The Morgan fingerprint density at radius 2 is 1.83 bits per heavy atom. The van der Waals surface area contributed by atoms with E-state index in [1.54, 1.807) is 6.92 Å². The van der Waals surface area contributed by atoms with Crippen LogP contribution in [-0.4, -0.2) is 17.4 Å².